The first-order chi connectivity index (χ1) is 10.4. The smallest absolute Gasteiger partial charge is 0.325 e. The zero-order valence-electron chi connectivity index (χ0n) is 15.1. The Labute approximate surface area is 137 Å². The molecular weight excluding hydrogens is 296 g/mol. The molecule has 0 fully saturated rings. The van der Waals surface area contributed by atoms with Gasteiger partial charge in [0, 0.05) is 11.5 Å². The molecule has 1 rings (SSSR count). The average molecular weight is 324 g/mol. The van der Waals surface area contributed by atoms with Crippen LogP contribution in [0.4, 0.5) is 10.6 Å². The van der Waals surface area contributed by atoms with E-state index in [1.807, 2.05) is 26.8 Å². The summed E-state index contributed by atoms with van der Waals surface area (Å²) >= 11 is 0. The maximum atomic E-state index is 12.0. The third-order valence-electron chi connectivity index (χ3n) is 3.05. The van der Waals surface area contributed by atoms with Gasteiger partial charge in [-0.15, -0.1) is 0 Å². The van der Waals surface area contributed by atoms with Crippen LogP contribution in [0.15, 0.2) is 6.07 Å². The van der Waals surface area contributed by atoms with Crippen molar-refractivity contribution in [2.24, 2.45) is 0 Å². The molecule has 0 atom stereocenters. The van der Waals surface area contributed by atoms with Gasteiger partial charge in [0.05, 0.1) is 17.8 Å². The van der Waals surface area contributed by atoms with Crippen LogP contribution in [-0.4, -0.2) is 34.9 Å². The summed E-state index contributed by atoms with van der Waals surface area (Å²) in [7, 11) is 0. The number of carbonyl (C=O) groups excluding carboxylic acids is 2. The maximum Gasteiger partial charge on any atom is 0.325 e. The van der Waals surface area contributed by atoms with E-state index in [1.165, 1.54) is 0 Å². The molecule has 1 aromatic rings. The Bertz CT molecular complexity index is 565. The van der Waals surface area contributed by atoms with Gasteiger partial charge in [0.15, 0.2) is 0 Å². The Kier molecular flexibility index (Phi) is 5.80. The van der Waals surface area contributed by atoms with Crippen LogP contribution in [0.5, 0.6) is 0 Å². The second-order valence-corrected chi connectivity index (χ2v) is 7.36. The third-order valence-corrected chi connectivity index (χ3v) is 3.05. The first kappa shape index (κ1) is 19.0. The minimum Gasteiger partial charge on any atom is -0.465 e. The van der Waals surface area contributed by atoms with E-state index in [0.717, 1.165) is 5.69 Å². The molecule has 0 unspecified atom stereocenters. The molecule has 7 heteroatoms. The highest BCUT2D eigenvalue weighted by Crippen LogP contribution is 2.28. The predicted octanol–water partition coefficient (Wildman–Crippen LogP) is 2.62. The van der Waals surface area contributed by atoms with Crippen LogP contribution < -0.4 is 10.6 Å². The molecule has 0 aliphatic rings. The third kappa shape index (κ3) is 5.58. The Morgan fingerprint density at radius 3 is 2.30 bits per heavy atom. The molecule has 1 heterocycles. The number of hydrogen-bond acceptors (Lipinski definition) is 4. The maximum absolute atomic E-state index is 12.0. The van der Waals surface area contributed by atoms with Crippen molar-refractivity contribution in [2.75, 3.05) is 18.5 Å². The van der Waals surface area contributed by atoms with Crippen LogP contribution in [0.1, 0.15) is 54.2 Å². The SMILES string of the molecule is CCOC(=O)CNC(=O)Nc1cc(C(C)(C)C)nn1C(C)(C)C. The van der Waals surface area contributed by atoms with E-state index in [0.29, 0.717) is 5.82 Å². The summed E-state index contributed by atoms with van der Waals surface area (Å²) in [5.74, 6) is 0.117. The van der Waals surface area contributed by atoms with Crippen molar-refractivity contribution in [3.8, 4) is 0 Å². The predicted molar refractivity (Wildman–Crippen MR) is 89.6 cm³/mol. The van der Waals surface area contributed by atoms with Crippen molar-refractivity contribution >= 4 is 17.8 Å². The molecule has 1 aromatic heterocycles. The minimum atomic E-state index is -0.470. The van der Waals surface area contributed by atoms with Crippen LogP contribution in [-0.2, 0) is 20.5 Å². The summed E-state index contributed by atoms with van der Waals surface area (Å²) in [6, 6.07) is 1.39. The highest BCUT2D eigenvalue weighted by Gasteiger charge is 2.25. The van der Waals surface area contributed by atoms with Gasteiger partial charge in [0.1, 0.15) is 12.4 Å². The molecule has 0 aliphatic heterocycles. The highest BCUT2D eigenvalue weighted by molar-refractivity contribution is 5.90. The van der Waals surface area contributed by atoms with Crippen molar-refractivity contribution in [1.29, 1.82) is 0 Å². The van der Waals surface area contributed by atoms with E-state index in [2.05, 4.69) is 36.5 Å². The van der Waals surface area contributed by atoms with E-state index < -0.39 is 12.0 Å². The molecule has 0 bridgehead atoms. The van der Waals surface area contributed by atoms with Crippen LogP contribution in [0.25, 0.3) is 0 Å². The van der Waals surface area contributed by atoms with Gasteiger partial charge in [-0.05, 0) is 27.7 Å². The number of nitrogens with zero attached hydrogens (tertiary/aromatic N) is 2. The summed E-state index contributed by atoms with van der Waals surface area (Å²) in [4.78, 5) is 23.3. The lowest BCUT2D eigenvalue weighted by Gasteiger charge is -2.23. The number of ether oxygens (including phenoxy) is 1. The molecule has 0 saturated heterocycles. The number of aromatic nitrogens is 2. The fourth-order valence-electron chi connectivity index (χ4n) is 1.87. The van der Waals surface area contributed by atoms with Crippen LogP contribution >= 0.6 is 0 Å². The molecule has 0 aliphatic carbocycles. The highest BCUT2D eigenvalue weighted by atomic mass is 16.5. The standard InChI is InChI=1S/C16H28N4O3/c1-8-23-13(21)10-17-14(22)18-12-9-11(15(2,3)4)19-20(12)16(5,6)7/h9H,8,10H2,1-7H3,(H2,17,18,22). The largest absolute Gasteiger partial charge is 0.465 e. The topological polar surface area (TPSA) is 85.2 Å². The van der Waals surface area contributed by atoms with Gasteiger partial charge in [-0.2, -0.15) is 5.10 Å². The summed E-state index contributed by atoms with van der Waals surface area (Å²) in [6.07, 6.45) is 0. The van der Waals surface area contributed by atoms with Crippen molar-refractivity contribution in [3.63, 3.8) is 0 Å². The number of amides is 2. The number of nitrogens with one attached hydrogen (secondary N) is 2. The van der Waals surface area contributed by atoms with E-state index >= 15 is 0 Å². The lowest BCUT2D eigenvalue weighted by molar-refractivity contribution is -0.141. The normalized spacial score (nSPS) is 12.0. The molecule has 2 N–H and O–H groups in total. The van der Waals surface area contributed by atoms with Crippen molar-refractivity contribution < 1.29 is 14.3 Å². The molecule has 0 spiro atoms. The van der Waals surface area contributed by atoms with Gasteiger partial charge in [0.2, 0.25) is 0 Å². The molecule has 2 amide bonds. The lowest BCUT2D eigenvalue weighted by Crippen LogP contribution is -2.36. The monoisotopic (exact) mass is 324 g/mol. The van der Waals surface area contributed by atoms with E-state index in [1.54, 1.807) is 11.6 Å². The number of anilines is 1. The number of urea groups is 1. The second-order valence-electron chi connectivity index (χ2n) is 7.36. The van der Waals surface area contributed by atoms with Gasteiger partial charge in [-0.1, -0.05) is 20.8 Å². The molecule has 0 radical (unpaired) electrons. The number of esters is 1. The Balaban J connectivity index is 2.88. The second kappa shape index (κ2) is 7.02. The summed E-state index contributed by atoms with van der Waals surface area (Å²) in [5, 5.41) is 9.84. The average Bonchev–Trinajstić information content (AvgIpc) is 2.80. The molecule has 0 aromatic carbocycles. The summed E-state index contributed by atoms with van der Waals surface area (Å²) in [6.45, 7) is 14.0. The lowest BCUT2D eigenvalue weighted by atomic mass is 9.92. The van der Waals surface area contributed by atoms with Crippen molar-refractivity contribution in [2.45, 2.75) is 59.4 Å². The van der Waals surface area contributed by atoms with Crippen LogP contribution in [0.2, 0.25) is 0 Å². The first-order valence-electron chi connectivity index (χ1n) is 7.76. The van der Waals surface area contributed by atoms with Gasteiger partial charge >= 0.3 is 12.0 Å². The zero-order chi connectivity index (χ0) is 17.8. The van der Waals surface area contributed by atoms with E-state index in [9.17, 15) is 9.59 Å². The Hall–Kier alpha value is -2.05. The fraction of sp³-hybridized carbons (Fsp3) is 0.688. The molecule has 23 heavy (non-hydrogen) atoms. The van der Waals surface area contributed by atoms with Gasteiger partial charge < -0.3 is 10.1 Å². The first-order valence-corrected chi connectivity index (χ1v) is 7.76. The van der Waals surface area contributed by atoms with E-state index in [4.69, 9.17) is 4.74 Å². The quantitative estimate of drug-likeness (QED) is 0.834. The summed E-state index contributed by atoms with van der Waals surface area (Å²) < 4.78 is 6.55. The zero-order valence-corrected chi connectivity index (χ0v) is 15.1. The Morgan fingerprint density at radius 1 is 1.22 bits per heavy atom. The molecular formula is C16H28N4O3. The molecule has 7 nitrogen and oxygen atoms in total. The number of carbonyl (C=O) groups is 2. The number of rotatable bonds is 4. The van der Waals surface area contributed by atoms with Crippen LogP contribution in [0.3, 0.4) is 0 Å². The number of hydrogen-bond donors (Lipinski definition) is 2. The van der Waals surface area contributed by atoms with E-state index in [-0.39, 0.29) is 24.1 Å². The van der Waals surface area contributed by atoms with Gasteiger partial charge in [-0.25, -0.2) is 9.48 Å². The molecule has 0 saturated carbocycles. The van der Waals surface area contributed by atoms with Gasteiger partial charge in [-0.3, -0.25) is 10.1 Å². The van der Waals surface area contributed by atoms with Gasteiger partial charge in [0.25, 0.3) is 0 Å². The van der Waals surface area contributed by atoms with Crippen molar-refractivity contribution in [3.05, 3.63) is 11.8 Å². The minimum absolute atomic E-state index is 0.131. The van der Waals surface area contributed by atoms with Crippen LogP contribution in [0, 0.1) is 0 Å². The summed E-state index contributed by atoms with van der Waals surface area (Å²) in [5.41, 5.74) is 0.467. The van der Waals surface area contributed by atoms with Crippen molar-refractivity contribution in [1.82, 2.24) is 15.1 Å². The molecule has 130 valence electrons. The fourth-order valence-corrected chi connectivity index (χ4v) is 1.87. The Morgan fingerprint density at radius 2 is 1.83 bits per heavy atom.